The molecule has 1 amide bonds. The Labute approximate surface area is 134 Å². The molecule has 3 aromatic rings. The number of amides is 1. The summed E-state index contributed by atoms with van der Waals surface area (Å²) >= 11 is 0. The van der Waals surface area contributed by atoms with Crippen molar-refractivity contribution in [2.45, 2.75) is 0 Å². The SMILES string of the molecule is O=C(Nc1onc(-c2ccncc2)c1C(=O)O)c1cccc(F)c1. The number of nitrogens with zero attached hydrogens (tertiary/aromatic N) is 2. The molecule has 0 unspecified atom stereocenters. The largest absolute Gasteiger partial charge is 0.477 e. The number of nitrogens with one attached hydrogen (secondary N) is 1. The maximum Gasteiger partial charge on any atom is 0.343 e. The molecule has 0 aliphatic rings. The molecule has 0 atom stereocenters. The van der Waals surface area contributed by atoms with Crippen molar-refractivity contribution in [3.05, 3.63) is 65.7 Å². The third-order valence-electron chi connectivity index (χ3n) is 3.17. The summed E-state index contributed by atoms with van der Waals surface area (Å²) in [6, 6.07) is 8.08. The molecule has 0 saturated carbocycles. The number of benzene rings is 1. The number of aromatic nitrogens is 2. The Balaban J connectivity index is 1.96. The van der Waals surface area contributed by atoms with Crippen LogP contribution in [0, 0.1) is 5.82 Å². The maximum atomic E-state index is 13.2. The lowest BCUT2D eigenvalue weighted by atomic mass is 10.1. The summed E-state index contributed by atoms with van der Waals surface area (Å²) in [6.45, 7) is 0. The molecule has 0 spiro atoms. The second kappa shape index (κ2) is 6.29. The fourth-order valence-electron chi connectivity index (χ4n) is 2.09. The number of aromatic carboxylic acids is 1. The monoisotopic (exact) mass is 327 g/mol. The lowest BCUT2D eigenvalue weighted by Gasteiger charge is -2.03. The molecule has 0 aliphatic heterocycles. The molecule has 2 N–H and O–H groups in total. The number of carbonyl (C=O) groups excluding carboxylic acids is 1. The summed E-state index contributed by atoms with van der Waals surface area (Å²) in [7, 11) is 0. The minimum Gasteiger partial charge on any atom is -0.477 e. The topological polar surface area (TPSA) is 105 Å². The van der Waals surface area contributed by atoms with Gasteiger partial charge in [0.1, 0.15) is 11.5 Å². The van der Waals surface area contributed by atoms with E-state index in [9.17, 15) is 19.1 Å². The molecular formula is C16H10FN3O4. The van der Waals surface area contributed by atoms with Crippen molar-refractivity contribution >= 4 is 17.8 Å². The number of rotatable bonds is 4. The van der Waals surface area contributed by atoms with Gasteiger partial charge in [-0.1, -0.05) is 11.2 Å². The molecule has 0 radical (unpaired) electrons. The van der Waals surface area contributed by atoms with E-state index in [-0.39, 0.29) is 22.7 Å². The molecule has 3 rings (SSSR count). The van der Waals surface area contributed by atoms with Crippen molar-refractivity contribution in [1.82, 2.24) is 10.1 Å². The number of hydrogen-bond acceptors (Lipinski definition) is 5. The van der Waals surface area contributed by atoms with E-state index in [1.807, 2.05) is 0 Å². The van der Waals surface area contributed by atoms with Gasteiger partial charge < -0.3 is 9.63 Å². The highest BCUT2D eigenvalue weighted by molar-refractivity contribution is 6.08. The first kappa shape index (κ1) is 15.3. The molecule has 2 aromatic heterocycles. The Kier molecular flexibility index (Phi) is 4.02. The normalized spacial score (nSPS) is 10.4. The van der Waals surface area contributed by atoms with Crippen molar-refractivity contribution in [3.8, 4) is 11.3 Å². The van der Waals surface area contributed by atoms with Gasteiger partial charge in [0.05, 0.1) is 0 Å². The summed E-state index contributed by atoms with van der Waals surface area (Å²) in [4.78, 5) is 27.5. The zero-order valence-electron chi connectivity index (χ0n) is 12.1. The van der Waals surface area contributed by atoms with E-state index in [0.29, 0.717) is 5.56 Å². The van der Waals surface area contributed by atoms with E-state index < -0.39 is 17.7 Å². The second-order valence-corrected chi connectivity index (χ2v) is 4.74. The van der Waals surface area contributed by atoms with Gasteiger partial charge in [-0.25, -0.2) is 9.18 Å². The molecule has 0 bridgehead atoms. The van der Waals surface area contributed by atoms with Crippen molar-refractivity contribution in [3.63, 3.8) is 0 Å². The van der Waals surface area contributed by atoms with Crippen LogP contribution in [-0.4, -0.2) is 27.1 Å². The van der Waals surface area contributed by atoms with Crippen LogP contribution < -0.4 is 5.32 Å². The zero-order chi connectivity index (χ0) is 17.1. The van der Waals surface area contributed by atoms with E-state index in [2.05, 4.69) is 15.5 Å². The fourth-order valence-corrected chi connectivity index (χ4v) is 2.09. The van der Waals surface area contributed by atoms with Gasteiger partial charge in [-0.3, -0.25) is 15.1 Å². The number of pyridine rings is 1. The molecule has 0 fully saturated rings. The molecule has 8 heteroatoms. The Morgan fingerprint density at radius 1 is 1.17 bits per heavy atom. The lowest BCUT2D eigenvalue weighted by molar-refractivity contribution is 0.0698. The Bertz CT molecular complexity index is 909. The smallest absolute Gasteiger partial charge is 0.343 e. The van der Waals surface area contributed by atoms with Crippen LogP contribution in [0.5, 0.6) is 0 Å². The summed E-state index contributed by atoms with van der Waals surface area (Å²) < 4.78 is 18.1. The van der Waals surface area contributed by atoms with Gasteiger partial charge >= 0.3 is 5.97 Å². The van der Waals surface area contributed by atoms with Crippen LogP contribution >= 0.6 is 0 Å². The molecule has 7 nitrogen and oxygen atoms in total. The van der Waals surface area contributed by atoms with Crippen LogP contribution in [0.4, 0.5) is 10.3 Å². The number of anilines is 1. The Hall–Kier alpha value is -3.55. The number of carboxylic acids is 1. The van der Waals surface area contributed by atoms with E-state index in [1.54, 1.807) is 12.1 Å². The van der Waals surface area contributed by atoms with Gasteiger partial charge in [0.25, 0.3) is 5.91 Å². The van der Waals surface area contributed by atoms with Crippen molar-refractivity contribution in [2.24, 2.45) is 0 Å². The first-order chi connectivity index (χ1) is 11.6. The van der Waals surface area contributed by atoms with Crippen LogP contribution in [-0.2, 0) is 0 Å². The highest BCUT2D eigenvalue weighted by Crippen LogP contribution is 2.28. The number of hydrogen-bond donors (Lipinski definition) is 2. The summed E-state index contributed by atoms with van der Waals surface area (Å²) in [5.74, 6) is -2.95. The van der Waals surface area contributed by atoms with E-state index in [0.717, 1.165) is 6.07 Å². The van der Waals surface area contributed by atoms with Crippen LogP contribution in [0.25, 0.3) is 11.3 Å². The van der Waals surface area contributed by atoms with Crippen LogP contribution in [0.1, 0.15) is 20.7 Å². The second-order valence-electron chi connectivity index (χ2n) is 4.74. The molecule has 0 aliphatic carbocycles. The van der Waals surface area contributed by atoms with E-state index in [1.165, 1.54) is 30.6 Å². The van der Waals surface area contributed by atoms with Gasteiger partial charge in [0.2, 0.25) is 5.88 Å². The van der Waals surface area contributed by atoms with Crippen LogP contribution in [0.2, 0.25) is 0 Å². The molecular weight excluding hydrogens is 317 g/mol. The zero-order valence-corrected chi connectivity index (χ0v) is 12.1. The Morgan fingerprint density at radius 2 is 1.92 bits per heavy atom. The average molecular weight is 327 g/mol. The van der Waals surface area contributed by atoms with E-state index in [4.69, 9.17) is 4.52 Å². The van der Waals surface area contributed by atoms with Gasteiger partial charge in [-0.05, 0) is 30.3 Å². The van der Waals surface area contributed by atoms with Crippen molar-refractivity contribution < 1.29 is 23.6 Å². The first-order valence-electron chi connectivity index (χ1n) is 6.76. The minimum atomic E-state index is -1.32. The quantitative estimate of drug-likeness (QED) is 0.763. The lowest BCUT2D eigenvalue weighted by Crippen LogP contribution is -2.14. The predicted molar refractivity (Wildman–Crippen MR) is 81.0 cm³/mol. The van der Waals surface area contributed by atoms with Gasteiger partial charge in [0, 0.05) is 23.5 Å². The van der Waals surface area contributed by atoms with Gasteiger partial charge in [0.15, 0.2) is 5.56 Å². The van der Waals surface area contributed by atoms with Gasteiger partial charge in [-0.2, -0.15) is 0 Å². The Morgan fingerprint density at radius 3 is 2.58 bits per heavy atom. The molecule has 120 valence electrons. The molecule has 24 heavy (non-hydrogen) atoms. The summed E-state index contributed by atoms with van der Waals surface area (Å²) in [5.41, 5.74) is 0.246. The molecule has 0 saturated heterocycles. The number of carbonyl (C=O) groups is 2. The number of carboxylic acid groups (broad SMARTS) is 1. The first-order valence-corrected chi connectivity index (χ1v) is 6.76. The maximum absolute atomic E-state index is 13.2. The highest BCUT2D eigenvalue weighted by Gasteiger charge is 2.25. The number of halogens is 1. The average Bonchev–Trinajstić information content (AvgIpc) is 2.99. The highest BCUT2D eigenvalue weighted by atomic mass is 19.1. The van der Waals surface area contributed by atoms with Crippen molar-refractivity contribution in [1.29, 1.82) is 0 Å². The third-order valence-corrected chi connectivity index (χ3v) is 3.17. The standard InChI is InChI=1S/C16H10FN3O4/c17-11-3-1-2-10(8-11)14(21)19-15-12(16(22)23)13(20-24-15)9-4-6-18-7-5-9/h1-8H,(H,19,21)(H,22,23). The van der Waals surface area contributed by atoms with Gasteiger partial charge in [-0.15, -0.1) is 0 Å². The molecule has 1 aromatic carbocycles. The van der Waals surface area contributed by atoms with Crippen LogP contribution in [0.15, 0.2) is 53.3 Å². The molecule has 2 heterocycles. The predicted octanol–water partition coefficient (Wildman–Crippen LogP) is 2.83. The fraction of sp³-hybridized carbons (Fsp3) is 0. The third kappa shape index (κ3) is 2.98. The minimum absolute atomic E-state index is 0.0215. The van der Waals surface area contributed by atoms with Crippen LogP contribution in [0.3, 0.4) is 0 Å². The summed E-state index contributed by atoms with van der Waals surface area (Å²) in [6.07, 6.45) is 2.95. The van der Waals surface area contributed by atoms with E-state index >= 15 is 0 Å². The summed E-state index contributed by atoms with van der Waals surface area (Å²) in [5, 5.41) is 15.4. The van der Waals surface area contributed by atoms with Crippen molar-refractivity contribution in [2.75, 3.05) is 5.32 Å².